The number of fused-ring (bicyclic) bond motifs is 1. The topological polar surface area (TPSA) is 104 Å². The number of pyridine rings is 1. The molecule has 0 bridgehead atoms. The number of rotatable bonds is 7. The van der Waals surface area contributed by atoms with Crippen LogP contribution >= 0.6 is 11.6 Å². The van der Waals surface area contributed by atoms with Gasteiger partial charge in [0.05, 0.1) is 17.3 Å². The van der Waals surface area contributed by atoms with Crippen molar-refractivity contribution in [2.24, 2.45) is 7.05 Å². The van der Waals surface area contributed by atoms with Gasteiger partial charge in [0.2, 0.25) is 0 Å². The molecule has 0 fully saturated rings. The van der Waals surface area contributed by atoms with Crippen LogP contribution in [0.5, 0.6) is 11.8 Å². The van der Waals surface area contributed by atoms with Gasteiger partial charge in [-0.25, -0.2) is 9.18 Å². The summed E-state index contributed by atoms with van der Waals surface area (Å²) in [5.74, 6) is -0.287. The molecule has 0 amide bonds. The summed E-state index contributed by atoms with van der Waals surface area (Å²) in [5, 5.41) is 9.62. The number of aliphatic hydroxyl groups excluding tert-OH is 1. The first-order valence-corrected chi connectivity index (χ1v) is 10.5. The van der Waals surface area contributed by atoms with E-state index < -0.39 is 17.1 Å². The van der Waals surface area contributed by atoms with E-state index in [1.165, 1.54) is 34.5 Å². The van der Waals surface area contributed by atoms with Gasteiger partial charge in [-0.1, -0.05) is 11.6 Å². The fourth-order valence-corrected chi connectivity index (χ4v) is 3.64. The van der Waals surface area contributed by atoms with E-state index in [-0.39, 0.29) is 49.0 Å². The lowest BCUT2D eigenvalue weighted by Gasteiger charge is -2.11. The molecule has 0 radical (unpaired) electrons. The molecule has 0 aliphatic carbocycles. The lowest BCUT2D eigenvalue weighted by Crippen LogP contribution is -2.39. The number of aryl methyl sites for hydroxylation is 2. The molecule has 3 aromatic heterocycles. The molecule has 0 aliphatic rings. The third-order valence-corrected chi connectivity index (χ3v) is 5.29. The highest BCUT2D eigenvalue weighted by Crippen LogP contribution is 2.26. The zero-order valence-corrected chi connectivity index (χ0v) is 18.7. The van der Waals surface area contributed by atoms with Crippen molar-refractivity contribution in [1.82, 2.24) is 23.7 Å². The Morgan fingerprint density at radius 2 is 1.97 bits per heavy atom. The Bertz CT molecular complexity index is 1420. The van der Waals surface area contributed by atoms with Gasteiger partial charge < -0.3 is 9.84 Å². The van der Waals surface area contributed by atoms with E-state index in [2.05, 4.69) is 9.97 Å². The van der Waals surface area contributed by atoms with Crippen molar-refractivity contribution in [2.45, 2.75) is 26.4 Å². The zero-order chi connectivity index (χ0) is 23.7. The van der Waals surface area contributed by atoms with E-state index >= 15 is 0 Å². The highest BCUT2D eigenvalue weighted by atomic mass is 35.5. The molecular weight excluding hydrogens is 453 g/mol. The first kappa shape index (κ1) is 22.7. The summed E-state index contributed by atoms with van der Waals surface area (Å²) >= 11 is 5.94. The molecular formula is C22H21ClFN5O4. The number of imidazole rings is 1. The maximum absolute atomic E-state index is 13.9. The average molecular weight is 474 g/mol. The van der Waals surface area contributed by atoms with Gasteiger partial charge >= 0.3 is 11.7 Å². The summed E-state index contributed by atoms with van der Waals surface area (Å²) in [7, 11) is 1.49. The van der Waals surface area contributed by atoms with E-state index in [1.807, 2.05) is 0 Å². The molecule has 172 valence electrons. The van der Waals surface area contributed by atoms with Gasteiger partial charge in [-0.05, 0) is 43.2 Å². The molecule has 1 aromatic carbocycles. The Balaban J connectivity index is 1.94. The molecule has 4 rings (SSSR count). The second-order valence-electron chi connectivity index (χ2n) is 7.56. The molecule has 3 heterocycles. The normalized spacial score (nSPS) is 11.3. The second kappa shape index (κ2) is 9.16. The summed E-state index contributed by atoms with van der Waals surface area (Å²) in [6.07, 6.45) is 1.71. The van der Waals surface area contributed by atoms with Crippen LogP contribution in [0.25, 0.3) is 11.2 Å². The summed E-state index contributed by atoms with van der Waals surface area (Å²) in [5.41, 5.74) is 0.300. The van der Waals surface area contributed by atoms with Crippen LogP contribution in [0.2, 0.25) is 5.02 Å². The molecule has 0 atom stereocenters. The molecule has 0 unspecified atom stereocenters. The smallest absolute Gasteiger partial charge is 0.332 e. The summed E-state index contributed by atoms with van der Waals surface area (Å²) < 4.78 is 23.6. The number of ether oxygens (including phenoxy) is 1. The zero-order valence-electron chi connectivity index (χ0n) is 18.0. The summed E-state index contributed by atoms with van der Waals surface area (Å²) in [6, 6.07) is 7.54. The second-order valence-corrected chi connectivity index (χ2v) is 8.00. The van der Waals surface area contributed by atoms with Crippen LogP contribution in [-0.2, 0) is 20.1 Å². The van der Waals surface area contributed by atoms with Crippen LogP contribution in [0.3, 0.4) is 0 Å². The van der Waals surface area contributed by atoms with Gasteiger partial charge in [0.25, 0.3) is 5.56 Å². The minimum absolute atomic E-state index is 0.00115. The SMILES string of the molecule is Cc1cc(F)cc(Oc2nc3c(c(=O)n(CCCO)c(=O)n3C)n2Cc2ccc(Cl)cn2)c1. The van der Waals surface area contributed by atoms with E-state index in [9.17, 15) is 14.0 Å². The minimum Gasteiger partial charge on any atom is -0.425 e. The van der Waals surface area contributed by atoms with Crippen LogP contribution in [0.1, 0.15) is 17.7 Å². The van der Waals surface area contributed by atoms with Crippen LogP contribution in [-0.4, -0.2) is 35.4 Å². The summed E-state index contributed by atoms with van der Waals surface area (Å²) in [6.45, 7) is 1.68. The van der Waals surface area contributed by atoms with Gasteiger partial charge in [0.15, 0.2) is 11.2 Å². The molecule has 9 nitrogen and oxygen atoms in total. The maximum atomic E-state index is 13.9. The fourth-order valence-electron chi connectivity index (χ4n) is 3.53. The van der Waals surface area contributed by atoms with E-state index in [1.54, 1.807) is 25.1 Å². The predicted molar refractivity (Wildman–Crippen MR) is 120 cm³/mol. The first-order valence-electron chi connectivity index (χ1n) is 10.1. The Kier molecular flexibility index (Phi) is 6.30. The van der Waals surface area contributed by atoms with Gasteiger partial charge in [-0.3, -0.25) is 23.5 Å². The lowest BCUT2D eigenvalue weighted by molar-refractivity contribution is 0.277. The van der Waals surface area contributed by atoms with Crippen LogP contribution in [0.15, 0.2) is 46.1 Å². The van der Waals surface area contributed by atoms with Crippen molar-refractivity contribution in [3.8, 4) is 11.8 Å². The number of aromatic nitrogens is 5. The standard InChI is InChI=1S/C22H21ClFN5O4/c1-13-8-15(24)10-17(9-13)33-21-26-19-18(29(21)12-16-5-4-14(23)11-25-16)20(31)28(6-3-7-30)22(32)27(19)2/h4-5,8-11,30H,3,6-7,12H2,1-2H3. The molecule has 0 spiro atoms. The Hall–Kier alpha value is -3.50. The fraction of sp³-hybridized carbons (Fsp3) is 0.273. The van der Waals surface area contributed by atoms with Gasteiger partial charge in [-0.15, -0.1) is 0 Å². The van der Waals surface area contributed by atoms with Gasteiger partial charge in [0, 0.05) is 32.5 Å². The van der Waals surface area contributed by atoms with E-state index in [0.717, 1.165) is 4.57 Å². The van der Waals surface area contributed by atoms with Crippen molar-refractivity contribution in [3.05, 3.63) is 79.5 Å². The number of hydrogen-bond donors (Lipinski definition) is 1. The number of halogens is 2. The quantitative estimate of drug-likeness (QED) is 0.442. The van der Waals surface area contributed by atoms with Gasteiger partial charge in [-0.2, -0.15) is 4.98 Å². The van der Waals surface area contributed by atoms with Crippen molar-refractivity contribution in [1.29, 1.82) is 0 Å². The molecule has 4 aromatic rings. The Morgan fingerprint density at radius 1 is 1.18 bits per heavy atom. The molecule has 0 saturated heterocycles. The van der Waals surface area contributed by atoms with Crippen molar-refractivity contribution in [3.63, 3.8) is 0 Å². The highest BCUT2D eigenvalue weighted by molar-refractivity contribution is 6.30. The number of aliphatic hydroxyl groups is 1. The van der Waals surface area contributed by atoms with Crippen molar-refractivity contribution < 1.29 is 14.2 Å². The third-order valence-electron chi connectivity index (χ3n) is 5.07. The number of benzene rings is 1. The maximum Gasteiger partial charge on any atom is 0.332 e. The monoisotopic (exact) mass is 473 g/mol. The first-order chi connectivity index (χ1) is 15.8. The Labute approximate surface area is 192 Å². The van der Waals surface area contributed by atoms with E-state index in [4.69, 9.17) is 21.4 Å². The van der Waals surface area contributed by atoms with Crippen molar-refractivity contribution in [2.75, 3.05) is 6.61 Å². The van der Waals surface area contributed by atoms with Crippen molar-refractivity contribution >= 4 is 22.8 Å². The average Bonchev–Trinajstić information content (AvgIpc) is 3.11. The predicted octanol–water partition coefficient (Wildman–Crippen LogP) is 2.62. The molecule has 0 aliphatic heterocycles. The van der Waals surface area contributed by atoms with E-state index in [0.29, 0.717) is 16.3 Å². The number of nitrogens with zero attached hydrogens (tertiary/aromatic N) is 5. The Morgan fingerprint density at radius 3 is 2.64 bits per heavy atom. The molecule has 1 N–H and O–H groups in total. The lowest BCUT2D eigenvalue weighted by atomic mass is 10.2. The highest BCUT2D eigenvalue weighted by Gasteiger charge is 2.22. The van der Waals surface area contributed by atoms with Gasteiger partial charge in [0.1, 0.15) is 11.6 Å². The van der Waals surface area contributed by atoms with Crippen LogP contribution < -0.4 is 16.0 Å². The van der Waals surface area contributed by atoms with Crippen LogP contribution in [0, 0.1) is 12.7 Å². The molecule has 11 heteroatoms. The van der Waals surface area contributed by atoms with Crippen LogP contribution in [0.4, 0.5) is 4.39 Å². The molecule has 33 heavy (non-hydrogen) atoms. The molecule has 0 saturated carbocycles. The minimum atomic E-state index is -0.576. The summed E-state index contributed by atoms with van der Waals surface area (Å²) in [4.78, 5) is 34.7. The third kappa shape index (κ3) is 4.53. The number of hydrogen-bond acceptors (Lipinski definition) is 6. The largest absolute Gasteiger partial charge is 0.425 e.